The van der Waals surface area contributed by atoms with Crippen molar-refractivity contribution in [3.05, 3.63) is 92.9 Å². The third kappa shape index (κ3) is 3.59. The summed E-state index contributed by atoms with van der Waals surface area (Å²) in [4.78, 5) is 12.1. The summed E-state index contributed by atoms with van der Waals surface area (Å²) in [5.41, 5.74) is 0.649. The molecule has 0 aliphatic rings. The van der Waals surface area contributed by atoms with Crippen molar-refractivity contribution >= 4 is 11.6 Å². The van der Waals surface area contributed by atoms with Gasteiger partial charge in [-0.1, -0.05) is 23.7 Å². The third-order valence-electron chi connectivity index (χ3n) is 3.71. The lowest BCUT2D eigenvalue weighted by atomic mass is 10.0. The van der Waals surface area contributed by atoms with Crippen LogP contribution in [0.4, 0.5) is 8.78 Å². The fourth-order valence-corrected chi connectivity index (χ4v) is 2.72. The molecule has 1 heterocycles. The standard InChI is InChI=1S/C19H11ClF2N2O/c20-15-3-1-2-12(6-15)10-24-11-13(4-5-19(24)25)14-7-17(21)16(9-23)18(22)8-14/h1-8,11H,10H2. The molecule has 0 atom stereocenters. The smallest absolute Gasteiger partial charge is 0.250 e. The van der Waals surface area contributed by atoms with Gasteiger partial charge in [0.2, 0.25) is 0 Å². The van der Waals surface area contributed by atoms with E-state index in [0.717, 1.165) is 17.7 Å². The van der Waals surface area contributed by atoms with Gasteiger partial charge in [0.05, 0.1) is 6.54 Å². The average molecular weight is 357 g/mol. The van der Waals surface area contributed by atoms with E-state index < -0.39 is 17.2 Å². The van der Waals surface area contributed by atoms with E-state index in [1.165, 1.54) is 29.0 Å². The summed E-state index contributed by atoms with van der Waals surface area (Å²) in [6, 6.07) is 13.5. The van der Waals surface area contributed by atoms with Crippen LogP contribution in [-0.4, -0.2) is 4.57 Å². The Balaban J connectivity index is 2.03. The van der Waals surface area contributed by atoms with Crippen LogP contribution in [0.5, 0.6) is 0 Å². The van der Waals surface area contributed by atoms with Crippen LogP contribution in [0.15, 0.2) is 59.5 Å². The molecule has 0 aliphatic heterocycles. The Morgan fingerprint density at radius 2 is 1.76 bits per heavy atom. The van der Waals surface area contributed by atoms with Gasteiger partial charge in [0.25, 0.3) is 5.56 Å². The normalized spacial score (nSPS) is 10.5. The predicted octanol–water partition coefficient (Wildman–Crippen LogP) is 4.37. The second kappa shape index (κ2) is 6.88. The van der Waals surface area contributed by atoms with Gasteiger partial charge in [-0.2, -0.15) is 5.26 Å². The lowest BCUT2D eigenvalue weighted by Crippen LogP contribution is -2.19. The van der Waals surface area contributed by atoms with Crippen molar-refractivity contribution in [3.8, 4) is 17.2 Å². The van der Waals surface area contributed by atoms with E-state index in [1.54, 1.807) is 18.2 Å². The van der Waals surface area contributed by atoms with Gasteiger partial charge in [0.1, 0.15) is 23.3 Å². The summed E-state index contributed by atoms with van der Waals surface area (Å²) in [7, 11) is 0. The summed E-state index contributed by atoms with van der Waals surface area (Å²) in [6.07, 6.45) is 1.52. The van der Waals surface area contributed by atoms with Gasteiger partial charge in [-0.05, 0) is 47.0 Å². The molecular weight excluding hydrogens is 346 g/mol. The number of aromatic nitrogens is 1. The molecule has 0 saturated heterocycles. The van der Waals surface area contributed by atoms with E-state index in [4.69, 9.17) is 16.9 Å². The van der Waals surface area contributed by atoms with Crippen LogP contribution in [0.3, 0.4) is 0 Å². The molecule has 6 heteroatoms. The Labute approximate surface area is 147 Å². The molecule has 0 spiro atoms. The van der Waals surface area contributed by atoms with Gasteiger partial charge in [-0.15, -0.1) is 0 Å². The summed E-state index contributed by atoms with van der Waals surface area (Å²) in [5, 5.41) is 9.30. The number of hydrogen-bond donors (Lipinski definition) is 0. The lowest BCUT2D eigenvalue weighted by Gasteiger charge is -2.10. The molecule has 1 aromatic heterocycles. The molecular formula is C19H11ClF2N2O. The maximum Gasteiger partial charge on any atom is 0.250 e. The zero-order valence-electron chi connectivity index (χ0n) is 12.8. The first-order chi connectivity index (χ1) is 12.0. The first-order valence-corrected chi connectivity index (χ1v) is 7.70. The Hall–Kier alpha value is -2.97. The largest absolute Gasteiger partial charge is 0.310 e. The van der Waals surface area contributed by atoms with Gasteiger partial charge >= 0.3 is 0 Å². The lowest BCUT2D eigenvalue weighted by molar-refractivity contribution is 0.577. The van der Waals surface area contributed by atoms with Gasteiger partial charge in [-0.25, -0.2) is 8.78 Å². The molecule has 25 heavy (non-hydrogen) atoms. The molecule has 3 aromatic rings. The van der Waals surface area contributed by atoms with Crippen molar-refractivity contribution in [2.75, 3.05) is 0 Å². The Morgan fingerprint density at radius 1 is 1.04 bits per heavy atom. The minimum atomic E-state index is -0.940. The molecule has 0 fully saturated rings. The van der Waals surface area contributed by atoms with Crippen LogP contribution in [0.25, 0.3) is 11.1 Å². The highest BCUT2D eigenvalue weighted by atomic mass is 35.5. The summed E-state index contributed by atoms with van der Waals surface area (Å²) >= 11 is 5.94. The van der Waals surface area contributed by atoms with Crippen molar-refractivity contribution in [2.24, 2.45) is 0 Å². The van der Waals surface area contributed by atoms with E-state index in [1.807, 2.05) is 6.07 Å². The summed E-state index contributed by atoms with van der Waals surface area (Å²) < 4.78 is 29.1. The first kappa shape index (κ1) is 16.9. The number of nitriles is 1. The highest BCUT2D eigenvalue weighted by Crippen LogP contribution is 2.23. The molecule has 3 rings (SSSR count). The zero-order chi connectivity index (χ0) is 18.0. The Morgan fingerprint density at radius 3 is 2.40 bits per heavy atom. The van der Waals surface area contributed by atoms with E-state index in [9.17, 15) is 13.6 Å². The van der Waals surface area contributed by atoms with Crippen LogP contribution < -0.4 is 5.56 Å². The number of hydrogen-bond acceptors (Lipinski definition) is 2. The highest BCUT2D eigenvalue weighted by molar-refractivity contribution is 6.30. The number of benzene rings is 2. The Bertz CT molecular complexity index is 1030. The van der Waals surface area contributed by atoms with E-state index in [2.05, 4.69) is 0 Å². The summed E-state index contributed by atoms with van der Waals surface area (Å²) in [5.74, 6) is -1.88. The molecule has 0 aliphatic carbocycles. The van der Waals surface area contributed by atoms with Crippen LogP contribution >= 0.6 is 11.6 Å². The number of rotatable bonds is 3. The molecule has 3 nitrogen and oxygen atoms in total. The molecule has 124 valence electrons. The molecule has 0 N–H and O–H groups in total. The predicted molar refractivity (Wildman–Crippen MR) is 91.3 cm³/mol. The number of halogens is 3. The Kier molecular flexibility index (Phi) is 4.64. The molecule has 2 aromatic carbocycles. The molecule has 0 bridgehead atoms. The fourth-order valence-electron chi connectivity index (χ4n) is 2.50. The van der Waals surface area contributed by atoms with Crippen molar-refractivity contribution in [3.63, 3.8) is 0 Å². The van der Waals surface area contributed by atoms with Crippen LogP contribution in [-0.2, 0) is 6.54 Å². The van der Waals surface area contributed by atoms with Crippen LogP contribution in [0.1, 0.15) is 11.1 Å². The van der Waals surface area contributed by atoms with Gasteiger partial charge in [0, 0.05) is 17.3 Å². The maximum absolute atomic E-state index is 13.8. The van der Waals surface area contributed by atoms with E-state index >= 15 is 0 Å². The number of nitrogens with zero attached hydrogens (tertiary/aromatic N) is 2. The second-order valence-corrected chi connectivity index (χ2v) is 5.88. The topological polar surface area (TPSA) is 45.8 Å². The van der Waals surface area contributed by atoms with E-state index in [0.29, 0.717) is 10.6 Å². The van der Waals surface area contributed by atoms with Crippen molar-refractivity contribution in [2.45, 2.75) is 6.54 Å². The molecule has 0 unspecified atom stereocenters. The van der Waals surface area contributed by atoms with Crippen molar-refractivity contribution < 1.29 is 8.78 Å². The zero-order valence-corrected chi connectivity index (χ0v) is 13.6. The van der Waals surface area contributed by atoms with Crippen molar-refractivity contribution in [1.82, 2.24) is 4.57 Å². The van der Waals surface area contributed by atoms with Crippen LogP contribution in [0.2, 0.25) is 5.02 Å². The minimum Gasteiger partial charge on any atom is -0.310 e. The van der Waals surface area contributed by atoms with Crippen molar-refractivity contribution in [1.29, 1.82) is 5.26 Å². The quantitative estimate of drug-likeness (QED) is 0.699. The number of pyridine rings is 1. The molecule has 0 amide bonds. The van der Waals surface area contributed by atoms with Gasteiger partial charge in [0.15, 0.2) is 0 Å². The molecule has 0 radical (unpaired) electrons. The average Bonchev–Trinajstić information content (AvgIpc) is 2.56. The second-order valence-electron chi connectivity index (χ2n) is 5.44. The first-order valence-electron chi connectivity index (χ1n) is 7.32. The molecule has 0 saturated carbocycles. The van der Waals surface area contributed by atoms with E-state index in [-0.39, 0.29) is 17.7 Å². The minimum absolute atomic E-state index is 0.244. The fraction of sp³-hybridized carbons (Fsp3) is 0.0526. The third-order valence-corrected chi connectivity index (χ3v) is 3.95. The summed E-state index contributed by atoms with van der Waals surface area (Å²) in [6.45, 7) is 0.272. The van der Waals surface area contributed by atoms with Crippen LogP contribution in [0, 0.1) is 23.0 Å². The monoisotopic (exact) mass is 356 g/mol. The van der Waals surface area contributed by atoms with Gasteiger partial charge in [-0.3, -0.25) is 4.79 Å². The highest BCUT2D eigenvalue weighted by Gasteiger charge is 2.12. The maximum atomic E-state index is 13.8. The van der Waals surface area contributed by atoms with Gasteiger partial charge < -0.3 is 4.57 Å². The SMILES string of the molecule is N#Cc1c(F)cc(-c2ccc(=O)n(Cc3cccc(Cl)c3)c2)cc1F.